The summed E-state index contributed by atoms with van der Waals surface area (Å²) in [6, 6.07) is 84.5. The Bertz CT molecular complexity index is 3390. The molecule has 1 aliphatic carbocycles. The van der Waals surface area contributed by atoms with Crippen LogP contribution in [-0.2, 0) is 0 Å². The van der Waals surface area contributed by atoms with Crippen molar-refractivity contribution >= 4 is 72.4 Å². The number of nitrogens with zero attached hydrogens (tertiary/aromatic N) is 2. The highest BCUT2D eigenvalue weighted by Gasteiger charge is 2.42. The van der Waals surface area contributed by atoms with Crippen molar-refractivity contribution in [1.29, 1.82) is 0 Å². The molecule has 63 heavy (non-hydrogen) atoms. The van der Waals surface area contributed by atoms with Crippen molar-refractivity contribution in [3.63, 3.8) is 0 Å². The monoisotopic (exact) mass is 824 g/mol. The van der Waals surface area contributed by atoms with Gasteiger partial charge in [-0.3, -0.25) is 0 Å². The zero-order valence-electron chi connectivity index (χ0n) is 35.4. The molecule has 1 aliphatic rings. The maximum absolute atomic E-state index is 2.90. The van der Waals surface area contributed by atoms with Crippen LogP contribution in [0.5, 0.6) is 0 Å². The summed E-state index contributed by atoms with van der Waals surface area (Å²) in [4.78, 5) is 0. The fourth-order valence-corrected chi connectivity index (χ4v) is 16.1. The van der Waals surface area contributed by atoms with Crippen LogP contribution in [0.4, 0.5) is 0 Å². The summed E-state index contributed by atoms with van der Waals surface area (Å²) in [5, 5.41) is 10.7. The first-order valence-electron chi connectivity index (χ1n) is 22.7. The van der Waals surface area contributed by atoms with Gasteiger partial charge in [0.25, 0.3) is 0 Å². The molecule has 0 aliphatic heterocycles. The third-order valence-electron chi connectivity index (χ3n) is 14.0. The number of benzene rings is 9. The quantitative estimate of drug-likeness (QED) is 0.107. The van der Waals surface area contributed by atoms with Gasteiger partial charge in [-0.2, -0.15) is 0 Å². The molecule has 9 aromatic carbocycles. The first kappa shape index (κ1) is 37.5. The Morgan fingerprint density at radius 2 is 0.889 bits per heavy atom. The standard InChI is InChI=1S/C60H48N2Si/c1-5-21-43(22-6-1)45-25-17-31-49(41-45)63(47-27-9-3-10-28-47,48-29-11-4-12-30-48)50-32-18-26-46(42-50)61-56-38-16-14-34-54(56)59-57(61)39-20-40-58(59)62-55-37-15-13-33-52(55)53-36-19-35-51(60(53)62)44-23-7-2-8-24-44/h1,3-6,9-22,25-42,44H,2,7-8,23-24H2. The van der Waals surface area contributed by atoms with Gasteiger partial charge in [-0.05, 0) is 92.6 Å². The minimum Gasteiger partial charge on any atom is -0.309 e. The van der Waals surface area contributed by atoms with Gasteiger partial charge < -0.3 is 9.13 Å². The first-order chi connectivity index (χ1) is 31.3. The predicted octanol–water partition coefficient (Wildman–Crippen LogP) is 13.0. The van der Waals surface area contributed by atoms with Gasteiger partial charge in [0.05, 0.1) is 27.8 Å². The summed E-state index contributed by atoms with van der Waals surface area (Å²) in [7, 11) is -2.90. The Kier molecular flexibility index (Phi) is 9.30. The van der Waals surface area contributed by atoms with Crippen LogP contribution in [0.25, 0.3) is 66.1 Å². The molecule has 0 saturated heterocycles. The van der Waals surface area contributed by atoms with Gasteiger partial charge in [0, 0.05) is 27.2 Å². The van der Waals surface area contributed by atoms with E-state index in [0.29, 0.717) is 5.92 Å². The molecule has 3 heteroatoms. The lowest BCUT2D eigenvalue weighted by Gasteiger charge is -2.35. The second-order valence-corrected chi connectivity index (χ2v) is 21.2. The van der Waals surface area contributed by atoms with Gasteiger partial charge in [0.1, 0.15) is 0 Å². The van der Waals surface area contributed by atoms with Crippen molar-refractivity contribution in [3.05, 3.63) is 230 Å². The second-order valence-electron chi connectivity index (χ2n) is 17.4. The average Bonchev–Trinajstić information content (AvgIpc) is 3.89. The lowest BCUT2D eigenvalue weighted by Crippen LogP contribution is -2.74. The van der Waals surface area contributed by atoms with Crippen LogP contribution in [0, 0.1) is 0 Å². The van der Waals surface area contributed by atoms with Gasteiger partial charge in [-0.25, -0.2) is 0 Å². The molecule has 0 atom stereocenters. The zero-order valence-corrected chi connectivity index (χ0v) is 36.4. The Hall–Kier alpha value is -7.20. The highest BCUT2D eigenvalue weighted by atomic mass is 28.3. The Morgan fingerprint density at radius 1 is 0.365 bits per heavy atom. The van der Waals surface area contributed by atoms with Crippen LogP contribution in [0.15, 0.2) is 224 Å². The van der Waals surface area contributed by atoms with Gasteiger partial charge in [-0.1, -0.05) is 207 Å². The summed E-state index contributed by atoms with van der Waals surface area (Å²) >= 11 is 0. The maximum Gasteiger partial charge on any atom is 0.179 e. The first-order valence-corrected chi connectivity index (χ1v) is 24.7. The van der Waals surface area contributed by atoms with Crippen molar-refractivity contribution in [2.45, 2.75) is 38.0 Å². The number of para-hydroxylation sites is 3. The summed E-state index contributed by atoms with van der Waals surface area (Å²) in [6.45, 7) is 0. The highest BCUT2D eigenvalue weighted by Crippen LogP contribution is 2.44. The molecule has 0 spiro atoms. The molecule has 1 fully saturated rings. The average molecular weight is 825 g/mol. The summed E-state index contributed by atoms with van der Waals surface area (Å²) in [5.74, 6) is 0.570. The van der Waals surface area contributed by atoms with Crippen molar-refractivity contribution in [2.24, 2.45) is 0 Å². The second kappa shape index (κ2) is 15.6. The number of fused-ring (bicyclic) bond motifs is 6. The van der Waals surface area contributed by atoms with Crippen molar-refractivity contribution < 1.29 is 0 Å². The lowest BCUT2D eigenvalue weighted by atomic mass is 9.83. The Labute approximate surface area is 370 Å². The van der Waals surface area contributed by atoms with Crippen LogP contribution in [-0.4, -0.2) is 17.2 Å². The number of hydrogen-bond acceptors (Lipinski definition) is 0. The van der Waals surface area contributed by atoms with E-state index in [2.05, 4.69) is 234 Å². The molecular formula is C60H48N2Si. The molecule has 0 amide bonds. The van der Waals surface area contributed by atoms with Gasteiger partial charge >= 0.3 is 0 Å². The molecule has 12 rings (SSSR count). The fourth-order valence-electron chi connectivity index (χ4n) is 11.3. The molecule has 0 bridgehead atoms. The molecule has 1 saturated carbocycles. The van der Waals surface area contributed by atoms with E-state index in [-0.39, 0.29) is 0 Å². The van der Waals surface area contributed by atoms with Gasteiger partial charge in [0.2, 0.25) is 0 Å². The topological polar surface area (TPSA) is 9.86 Å². The summed E-state index contributed by atoms with van der Waals surface area (Å²) in [6.07, 6.45) is 6.47. The van der Waals surface area contributed by atoms with Crippen molar-refractivity contribution in [3.8, 4) is 22.5 Å². The van der Waals surface area contributed by atoms with Crippen LogP contribution in [0.2, 0.25) is 0 Å². The predicted molar refractivity (Wildman–Crippen MR) is 270 cm³/mol. The van der Waals surface area contributed by atoms with Crippen LogP contribution < -0.4 is 20.7 Å². The molecular weight excluding hydrogens is 777 g/mol. The van der Waals surface area contributed by atoms with E-state index in [9.17, 15) is 0 Å². The number of hydrogen-bond donors (Lipinski definition) is 0. The summed E-state index contributed by atoms with van der Waals surface area (Å²) in [5.41, 5.74) is 11.4. The van der Waals surface area contributed by atoms with Crippen molar-refractivity contribution in [2.75, 3.05) is 0 Å². The van der Waals surface area contributed by atoms with E-state index in [1.165, 1.54) is 125 Å². The number of aromatic nitrogens is 2. The third-order valence-corrected chi connectivity index (χ3v) is 18.8. The largest absolute Gasteiger partial charge is 0.309 e. The molecule has 2 nitrogen and oxygen atoms in total. The lowest BCUT2D eigenvalue weighted by molar-refractivity contribution is 0.445. The fraction of sp³-hybridized carbons (Fsp3) is 0.100. The normalized spacial score (nSPS) is 13.7. The van der Waals surface area contributed by atoms with Crippen molar-refractivity contribution in [1.82, 2.24) is 9.13 Å². The highest BCUT2D eigenvalue weighted by molar-refractivity contribution is 7.20. The van der Waals surface area contributed by atoms with E-state index >= 15 is 0 Å². The van der Waals surface area contributed by atoms with E-state index in [1.807, 2.05) is 0 Å². The number of rotatable bonds is 8. The minimum absolute atomic E-state index is 0.570. The summed E-state index contributed by atoms with van der Waals surface area (Å²) < 4.78 is 5.15. The van der Waals surface area contributed by atoms with Crippen LogP contribution >= 0.6 is 0 Å². The van der Waals surface area contributed by atoms with Crippen LogP contribution in [0.3, 0.4) is 0 Å². The van der Waals surface area contributed by atoms with Gasteiger partial charge in [-0.15, -0.1) is 0 Å². The maximum atomic E-state index is 2.62. The molecule has 2 heterocycles. The van der Waals surface area contributed by atoms with Crippen LogP contribution in [0.1, 0.15) is 43.6 Å². The molecule has 302 valence electrons. The van der Waals surface area contributed by atoms with Gasteiger partial charge in [0.15, 0.2) is 8.07 Å². The minimum atomic E-state index is -2.90. The van der Waals surface area contributed by atoms with E-state index in [0.717, 1.165) is 0 Å². The van der Waals surface area contributed by atoms with E-state index in [1.54, 1.807) is 0 Å². The third kappa shape index (κ3) is 6.06. The molecule has 2 aromatic heterocycles. The SMILES string of the molecule is c1ccc(-c2cccc([Si](c3ccccc3)(c3ccccc3)c3cccc(-n4c5ccccc5c5c(-n6c7ccccc7c7cccc(C8CCCCC8)c76)cccc54)c3)c2)cc1. The zero-order chi connectivity index (χ0) is 41.7. The Morgan fingerprint density at radius 3 is 1.62 bits per heavy atom. The Balaban J connectivity index is 1.13. The smallest absolute Gasteiger partial charge is 0.179 e. The molecule has 0 unspecified atom stereocenters. The molecule has 11 aromatic rings. The molecule has 0 N–H and O–H groups in total. The van der Waals surface area contributed by atoms with E-state index in [4.69, 9.17) is 0 Å². The molecule has 0 radical (unpaired) electrons. The van der Waals surface area contributed by atoms with E-state index < -0.39 is 8.07 Å².